The van der Waals surface area contributed by atoms with Gasteiger partial charge in [-0.1, -0.05) is 6.07 Å². The molecule has 0 radical (unpaired) electrons. The zero-order valence-electron chi connectivity index (χ0n) is 10.4. The number of nitrogens with zero attached hydrogens (tertiary/aromatic N) is 1. The number of halogens is 4. The Kier molecular flexibility index (Phi) is 4.55. The van der Waals surface area contributed by atoms with Crippen molar-refractivity contribution in [2.45, 2.75) is 37.2 Å². The molecule has 2 rings (SSSR count). The van der Waals surface area contributed by atoms with Gasteiger partial charge in [-0.05, 0) is 43.7 Å². The van der Waals surface area contributed by atoms with Crippen molar-refractivity contribution in [2.75, 3.05) is 11.9 Å². The molecule has 0 unspecified atom stereocenters. The molecule has 0 saturated heterocycles. The van der Waals surface area contributed by atoms with Gasteiger partial charge in [-0.3, -0.25) is 0 Å². The van der Waals surface area contributed by atoms with Crippen LogP contribution in [-0.4, -0.2) is 16.9 Å². The van der Waals surface area contributed by atoms with Gasteiger partial charge in [-0.2, -0.15) is 13.2 Å². The summed E-state index contributed by atoms with van der Waals surface area (Å²) in [6.07, 6.45) is -0.414. The van der Waals surface area contributed by atoms with Crippen LogP contribution in [0, 0.1) is 5.92 Å². The van der Waals surface area contributed by atoms with Crippen molar-refractivity contribution in [2.24, 2.45) is 5.92 Å². The summed E-state index contributed by atoms with van der Waals surface area (Å²) in [5.41, 5.74) is -0.859. The molecule has 1 aromatic heterocycles. The Morgan fingerprint density at radius 2 is 1.89 bits per heavy atom. The molecule has 0 aromatic carbocycles. The van der Waals surface area contributed by atoms with Crippen LogP contribution < -0.4 is 5.32 Å². The first-order valence-corrected chi connectivity index (χ1v) is 6.81. The van der Waals surface area contributed by atoms with Crippen LogP contribution in [0.2, 0.25) is 0 Å². The molecular formula is C13H16ClF3N2. The zero-order chi connectivity index (χ0) is 13.9. The molecule has 1 aliphatic carbocycles. The van der Waals surface area contributed by atoms with Crippen LogP contribution in [0.4, 0.5) is 19.0 Å². The molecule has 6 heteroatoms. The highest BCUT2D eigenvalue weighted by Crippen LogP contribution is 2.29. The first-order chi connectivity index (χ1) is 8.95. The number of hydrogen-bond acceptors (Lipinski definition) is 2. The van der Waals surface area contributed by atoms with Gasteiger partial charge in [0.1, 0.15) is 11.5 Å². The Bertz CT molecular complexity index is 415. The summed E-state index contributed by atoms with van der Waals surface area (Å²) < 4.78 is 37.5. The summed E-state index contributed by atoms with van der Waals surface area (Å²) >= 11 is 6.01. The average molecular weight is 293 g/mol. The van der Waals surface area contributed by atoms with Crippen LogP contribution in [0.15, 0.2) is 18.2 Å². The highest BCUT2D eigenvalue weighted by atomic mass is 35.5. The van der Waals surface area contributed by atoms with Crippen molar-refractivity contribution in [1.29, 1.82) is 0 Å². The fourth-order valence-corrected chi connectivity index (χ4v) is 2.52. The van der Waals surface area contributed by atoms with Crippen molar-refractivity contribution >= 4 is 17.4 Å². The number of alkyl halides is 4. The monoisotopic (exact) mass is 292 g/mol. The third-order valence-electron chi connectivity index (χ3n) is 3.39. The topological polar surface area (TPSA) is 24.9 Å². The number of hydrogen-bond donors (Lipinski definition) is 1. The van der Waals surface area contributed by atoms with Gasteiger partial charge in [-0.15, -0.1) is 11.6 Å². The van der Waals surface area contributed by atoms with Gasteiger partial charge in [0.2, 0.25) is 0 Å². The van der Waals surface area contributed by atoms with Crippen LogP contribution in [-0.2, 0) is 6.18 Å². The second-order valence-electron chi connectivity index (χ2n) is 4.90. The fourth-order valence-electron chi connectivity index (χ4n) is 2.27. The molecule has 0 spiro atoms. The third-order valence-corrected chi connectivity index (χ3v) is 3.82. The molecular weight excluding hydrogens is 277 g/mol. The van der Waals surface area contributed by atoms with Gasteiger partial charge < -0.3 is 5.32 Å². The number of aromatic nitrogens is 1. The molecule has 1 N–H and O–H groups in total. The van der Waals surface area contributed by atoms with Crippen LogP contribution in [0.1, 0.15) is 31.4 Å². The Balaban J connectivity index is 1.89. The number of nitrogens with one attached hydrogen (secondary N) is 1. The SMILES string of the molecule is FC(F)(F)c1cccc(NCC2CCC(Cl)CC2)n1. The second-order valence-corrected chi connectivity index (χ2v) is 5.52. The predicted octanol–water partition coefficient (Wildman–Crippen LogP) is 4.31. The van der Waals surface area contributed by atoms with Crippen molar-refractivity contribution < 1.29 is 13.2 Å². The van der Waals surface area contributed by atoms with Gasteiger partial charge in [-0.25, -0.2) is 4.98 Å². The van der Waals surface area contributed by atoms with Crippen molar-refractivity contribution in [3.05, 3.63) is 23.9 Å². The average Bonchev–Trinajstić information content (AvgIpc) is 2.37. The van der Waals surface area contributed by atoms with E-state index in [1.807, 2.05) is 0 Å². The molecule has 1 heterocycles. The Morgan fingerprint density at radius 1 is 1.21 bits per heavy atom. The maximum atomic E-state index is 12.5. The summed E-state index contributed by atoms with van der Waals surface area (Å²) in [7, 11) is 0. The normalized spacial score (nSPS) is 24.2. The van der Waals surface area contributed by atoms with E-state index in [0.717, 1.165) is 31.7 Å². The minimum absolute atomic E-state index is 0.253. The lowest BCUT2D eigenvalue weighted by molar-refractivity contribution is -0.141. The Morgan fingerprint density at radius 3 is 2.53 bits per heavy atom. The Hall–Kier alpha value is -0.970. The van der Waals surface area contributed by atoms with E-state index in [2.05, 4.69) is 10.3 Å². The van der Waals surface area contributed by atoms with Crippen LogP contribution >= 0.6 is 11.6 Å². The fraction of sp³-hybridized carbons (Fsp3) is 0.615. The Labute approximate surface area is 115 Å². The molecule has 106 valence electrons. The third kappa shape index (κ3) is 4.27. The van der Waals surface area contributed by atoms with E-state index in [-0.39, 0.29) is 11.2 Å². The molecule has 1 saturated carbocycles. The lowest BCUT2D eigenvalue weighted by Crippen LogP contribution is -2.22. The molecule has 1 fully saturated rings. The highest BCUT2D eigenvalue weighted by molar-refractivity contribution is 6.20. The van der Waals surface area contributed by atoms with E-state index in [9.17, 15) is 13.2 Å². The molecule has 19 heavy (non-hydrogen) atoms. The van der Waals surface area contributed by atoms with Gasteiger partial charge >= 0.3 is 6.18 Å². The molecule has 0 amide bonds. The minimum Gasteiger partial charge on any atom is -0.370 e. The highest BCUT2D eigenvalue weighted by Gasteiger charge is 2.32. The van der Waals surface area contributed by atoms with E-state index in [4.69, 9.17) is 11.6 Å². The van der Waals surface area contributed by atoms with Gasteiger partial charge in [0.15, 0.2) is 0 Å². The maximum absolute atomic E-state index is 12.5. The lowest BCUT2D eigenvalue weighted by atomic mass is 9.89. The summed E-state index contributed by atoms with van der Waals surface area (Å²) in [6.45, 7) is 0.651. The van der Waals surface area contributed by atoms with Crippen molar-refractivity contribution in [3.63, 3.8) is 0 Å². The van der Waals surface area contributed by atoms with Gasteiger partial charge in [0.05, 0.1) is 0 Å². The van der Waals surface area contributed by atoms with Gasteiger partial charge in [0.25, 0.3) is 0 Å². The first-order valence-electron chi connectivity index (χ1n) is 6.37. The number of anilines is 1. The van der Waals surface area contributed by atoms with E-state index >= 15 is 0 Å². The second kappa shape index (κ2) is 5.99. The van der Waals surface area contributed by atoms with E-state index < -0.39 is 11.9 Å². The summed E-state index contributed by atoms with van der Waals surface area (Å²) in [6, 6.07) is 3.90. The predicted molar refractivity (Wildman–Crippen MR) is 69.3 cm³/mol. The molecule has 0 aliphatic heterocycles. The lowest BCUT2D eigenvalue weighted by Gasteiger charge is -2.25. The van der Waals surface area contributed by atoms with Crippen LogP contribution in [0.5, 0.6) is 0 Å². The number of rotatable bonds is 3. The summed E-state index contributed by atoms with van der Waals surface area (Å²) in [4.78, 5) is 3.58. The molecule has 0 atom stereocenters. The van der Waals surface area contributed by atoms with E-state index in [1.54, 1.807) is 6.07 Å². The molecule has 1 aliphatic rings. The zero-order valence-corrected chi connectivity index (χ0v) is 11.1. The summed E-state index contributed by atoms with van der Waals surface area (Å²) in [5, 5.41) is 3.24. The van der Waals surface area contributed by atoms with Crippen LogP contribution in [0.25, 0.3) is 0 Å². The number of pyridine rings is 1. The quantitative estimate of drug-likeness (QED) is 0.840. The largest absolute Gasteiger partial charge is 0.433 e. The molecule has 2 nitrogen and oxygen atoms in total. The minimum atomic E-state index is -4.39. The van der Waals surface area contributed by atoms with E-state index in [0.29, 0.717) is 12.5 Å². The van der Waals surface area contributed by atoms with Crippen LogP contribution in [0.3, 0.4) is 0 Å². The van der Waals surface area contributed by atoms with E-state index in [1.165, 1.54) is 6.07 Å². The standard InChI is InChI=1S/C13H16ClF3N2/c14-10-6-4-9(5-7-10)8-18-12-3-1-2-11(19-12)13(15,16)17/h1-3,9-10H,4-8H2,(H,18,19). The smallest absolute Gasteiger partial charge is 0.370 e. The summed E-state index contributed by atoms with van der Waals surface area (Å²) in [5.74, 6) is 0.745. The molecule has 1 aromatic rings. The molecule has 0 bridgehead atoms. The van der Waals surface area contributed by atoms with Gasteiger partial charge in [0, 0.05) is 11.9 Å². The van der Waals surface area contributed by atoms with Crippen molar-refractivity contribution in [1.82, 2.24) is 4.98 Å². The van der Waals surface area contributed by atoms with Crippen molar-refractivity contribution in [3.8, 4) is 0 Å². The first kappa shape index (κ1) is 14.4. The maximum Gasteiger partial charge on any atom is 0.433 e.